The number of unbranched alkanes of at least 4 members (excludes halogenated alkanes) is 1. The van der Waals surface area contributed by atoms with Crippen LogP contribution in [-0.4, -0.2) is 19.8 Å². The van der Waals surface area contributed by atoms with Crippen LogP contribution in [0.25, 0.3) is 0 Å². The number of ether oxygens (including phenoxy) is 1. The highest BCUT2D eigenvalue weighted by Crippen LogP contribution is 2.45. The van der Waals surface area contributed by atoms with Crippen molar-refractivity contribution in [3.8, 4) is 0 Å². The quantitative estimate of drug-likeness (QED) is 0.470. The topological polar surface area (TPSA) is 12.5 Å². The predicted octanol–water partition coefficient (Wildman–Crippen LogP) is 4.55. The highest BCUT2D eigenvalue weighted by Gasteiger charge is 2.52. The zero-order chi connectivity index (χ0) is 12.2. The van der Waals surface area contributed by atoms with Crippen LogP contribution in [0.4, 0.5) is 0 Å². The molecule has 1 aliphatic heterocycles. The molecule has 0 spiro atoms. The van der Waals surface area contributed by atoms with Gasteiger partial charge >= 0.3 is 0 Å². The van der Waals surface area contributed by atoms with Gasteiger partial charge in [0.1, 0.15) is 5.60 Å². The molecule has 2 heteroatoms. The first-order chi connectivity index (χ1) is 7.43. The van der Waals surface area contributed by atoms with E-state index in [0.29, 0.717) is 6.10 Å². The summed E-state index contributed by atoms with van der Waals surface area (Å²) in [5.41, 5.74) is 2.58. The van der Waals surface area contributed by atoms with Crippen LogP contribution >= 0.6 is 0 Å². The Morgan fingerprint density at radius 3 is 2.38 bits per heavy atom. The van der Waals surface area contributed by atoms with Gasteiger partial charge in [-0.1, -0.05) is 64.5 Å². The summed E-state index contributed by atoms with van der Waals surface area (Å²) in [5, 5.41) is 0. The summed E-state index contributed by atoms with van der Waals surface area (Å²) in [5.74, 6) is 0. The summed E-state index contributed by atoms with van der Waals surface area (Å²) in [4.78, 5) is 0. The minimum atomic E-state index is -1.08. The molecule has 1 aliphatic rings. The third-order valence-corrected chi connectivity index (χ3v) is 4.34. The van der Waals surface area contributed by atoms with Crippen molar-refractivity contribution < 1.29 is 4.74 Å². The fourth-order valence-electron chi connectivity index (χ4n) is 2.16. The van der Waals surface area contributed by atoms with Crippen molar-refractivity contribution in [2.45, 2.75) is 77.3 Å². The molecule has 0 unspecified atom stereocenters. The number of rotatable bonds is 7. The van der Waals surface area contributed by atoms with Gasteiger partial charge in [-0.05, 0) is 12.8 Å². The average Bonchev–Trinajstić information content (AvgIpc) is 2.86. The molecule has 94 valence electrons. The van der Waals surface area contributed by atoms with Gasteiger partial charge in [-0.2, -0.15) is 0 Å². The van der Waals surface area contributed by atoms with E-state index in [0.717, 1.165) is 0 Å². The molecule has 1 rings (SSSR count). The Bertz CT molecular complexity index is 242. The van der Waals surface area contributed by atoms with Crippen molar-refractivity contribution >= 4 is 8.07 Å². The lowest BCUT2D eigenvalue weighted by Gasteiger charge is -2.12. The van der Waals surface area contributed by atoms with E-state index >= 15 is 0 Å². The second-order valence-corrected chi connectivity index (χ2v) is 11.2. The summed E-state index contributed by atoms with van der Waals surface area (Å²) in [6.07, 6.45) is 9.15. The summed E-state index contributed by atoms with van der Waals surface area (Å²) in [7, 11) is -1.08. The Morgan fingerprint density at radius 2 is 1.88 bits per heavy atom. The van der Waals surface area contributed by atoms with Crippen molar-refractivity contribution in [2.75, 3.05) is 0 Å². The Labute approximate surface area is 102 Å². The molecule has 0 saturated carbocycles. The SMILES string of the molecule is CCCC[C@H]1O[C@]1(/C=C/[Si](C)(C)C)CCC. The molecule has 1 nitrogen and oxygen atoms in total. The van der Waals surface area contributed by atoms with Gasteiger partial charge in [0.2, 0.25) is 0 Å². The molecular formula is C14H28OSi. The van der Waals surface area contributed by atoms with Crippen LogP contribution in [0.5, 0.6) is 0 Å². The largest absolute Gasteiger partial charge is 0.362 e. The van der Waals surface area contributed by atoms with Gasteiger partial charge in [0.25, 0.3) is 0 Å². The Hall–Kier alpha value is -0.0831. The molecular weight excluding hydrogens is 212 g/mol. The first-order valence-corrected chi connectivity index (χ1v) is 10.4. The maximum absolute atomic E-state index is 5.98. The van der Waals surface area contributed by atoms with Crippen LogP contribution in [0, 0.1) is 0 Å². The Morgan fingerprint density at radius 1 is 1.19 bits per heavy atom. The van der Waals surface area contributed by atoms with E-state index in [1.165, 1.54) is 32.1 Å². The van der Waals surface area contributed by atoms with Crippen molar-refractivity contribution in [1.82, 2.24) is 0 Å². The van der Waals surface area contributed by atoms with Crippen molar-refractivity contribution in [3.63, 3.8) is 0 Å². The van der Waals surface area contributed by atoms with Crippen LogP contribution < -0.4 is 0 Å². The molecule has 1 saturated heterocycles. The van der Waals surface area contributed by atoms with E-state index in [-0.39, 0.29) is 5.60 Å². The molecule has 0 aromatic carbocycles. The van der Waals surface area contributed by atoms with Crippen LogP contribution in [0.15, 0.2) is 11.8 Å². The Kier molecular flexibility index (Phi) is 4.81. The molecule has 0 aromatic heterocycles. The molecule has 0 aromatic rings. The van der Waals surface area contributed by atoms with Gasteiger partial charge in [-0.3, -0.25) is 0 Å². The smallest absolute Gasteiger partial charge is 0.112 e. The lowest BCUT2D eigenvalue weighted by atomic mass is 9.96. The summed E-state index contributed by atoms with van der Waals surface area (Å²) in [6.45, 7) is 11.6. The summed E-state index contributed by atoms with van der Waals surface area (Å²) in [6, 6.07) is 0. The first-order valence-electron chi connectivity index (χ1n) is 6.82. The molecule has 0 amide bonds. The van der Waals surface area contributed by atoms with Gasteiger partial charge in [-0.15, -0.1) is 0 Å². The standard InChI is InChI=1S/C14H28OSi/c1-6-8-9-13-14(15-13,10-7-2)11-12-16(3,4)5/h11-13H,6-10H2,1-5H3/b12-11+/t13-,14+/m1/s1. The monoisotopic (exact) mass is 240 g/mol. The van der Waals surface area contributed by atoms with Crippen LogP contribution in [0.3, 0.4) is 0 Å². The minimum Gasteiger partial charge on any atom is -0.362 e. The zero-order valence-electron chi connectivity index (χ0n) is 11.7. The van der Waals surface area contributed by atoms with Crippen molar-refractivity contribution in [3.05, 3.63) is 11.8 Å². The molecule has 2 atom stereocenters. The fraction of sp³-hybridized carbons (Fsp3) is 0.857. The molecule has 0 N–H and O–H groups in total. The summed E-state index contributed by atoms with van der Waals surface area (Å²) >= 11 is 0. The summed E-state index contributed by atoms with van der Waals surface area (Å²) < 4.78 is 5.98. The molecule has 0 radical (unpaired) electrons. The third kappa shape index (κ3) is 4.06. The zero-order valence-corrected chi connectivity index (χ0v) is 12.7. The highest BCUT2D eigenvalue weighted by molar-refractivity contribution is 6.80. The van der Waals surface area contributed by atoms with Crippen LogP contribution in [0.1, 0.15) is 46.0 Å². The van der Waals surface area contributed by atoms with Gasteiger partial charge < -0.3 is 4.74 Å². The Balaban J connectivity index is 2.53. The predicted molar refractivity (Wildman–Crippen MR) is 74.5 cm³/mol. The maximum atomic E-state index is 5.98. The molecule has 0 aliphatic carbocycles. The number of hydrogen-bond donors (Lipinski definition) is 0. The van der Waals surface area contributed by atoms with E-state index in [2.05, 4.69) is 45.3 Å². The fourth-order valence-corrected chi connectivity index (χ4v) is 2.94. The third-order valence-electron chi connectivity index (χ3n) is 3.18. The normalized spacial score (nSPS) is 29.9. The molecule has 16 heavy (non-hydrogen) atoms. The second-order valence-electron chi connectivity index (χ2n) is 6.15. The highest BCUT2D eigenvalue weighted by atomic mass is 28.3. The van der Waals surface area contributed by atoms with E-state index in [1.807, 2.05) is 0 Å². The lowest BCUT2D eigenvalue weighted by molar-refractivity contribution is 0.313. The van der Waals surface area contributed by atoms with Crippen LogP contribution in [0.2, 0.25) is 19.6 Å². The van der Waals surface area contributed by atoms with Crippen molar-refractivity contribution in [1.29, 1.82) is 0 Å². The molecule has 0 bridgehead atoms. The van der Waals surface area contributed by atoms with Gasteiger partial charge in [0, 0.05) is 0 Å². The van der Waals surface area contributed by atoms with E-state index in [1.54, 1.807) is 0 Å². The van der Waals surface area contributed by atoms with E-state index in [9.17, 15) is 0 Å². The first kappa shape index (κ1) is 14.0. The molecule has 1 fully saturated rings. The average molecular weight is 240 g/mol. The van der Waals surface area contributed by atoms with E-state index in [4.69, 9.17) is 4.74 Å². The van der Waals surface area contributed by atoms with Crippen LogP contribution in [-0.2, 0) is 4.74 Å². The molecule has 1 heterocycles. The minimum absolute atomic E-state index is 0.129. The lowest BCUT2D eigenvalue weighted by Crippen LogP contribution is -2.19. The second kappa shape index (κ2) is 5.50. The van der Waals surface area contributed by atoms with Gasteiger partial charge in [-0.25, -0.2) is 0 Å². The number of epoxide rings is 1. The maximum Gasteiger partial charge on any atom is 0.112 e. The van der Waals surface area contributed by atoms with E-state index < -0.39 is 8.07 Å². The number of hydrogen-bond acceptors (Lipinski definition) is 1. The van der Waals surface area contributed by atoms with Gasteiger partial charge in [0.05, 0.1) is 14.2 Å². The van der Waals surface area contributed by atoms with Gasteiger partial charge in [0.15, 0.2) is 0 Å². The van der Waals surface area contributed by atoms with Crippen molar-refractivity contribution in [2.24, 2.45) is 0 Å².